The summed E-state index contributed by atoms with van der Waals surface area (Å²) in [6, 6.07) is 7.65. The molecule has 0 radical (unpaired) electrons. The van der Waals surface area contributed by atoms with Crippen LogP contribution < -0.4 is 5.73 Å². The molecule has 0 spiro atoms. The van der Waals surface area contributed by atoms with Crippen molar-refractivity contribution in [3.05, 3.63) is 41.7 Å². The fraction of sp³-hybridized carbons (Fsp3) is 0.545. The van der Waals surface area contributed by atoms with E-state index in [1.807, 2.05) is 24.4 Å². The van der Waals surface area contributed by atoms with E-state index < -0.39 is 0 Å². The van der Waals surface area contributed by atoms with Gasteiger partial charge in [-0.1, -0.05) is 76.8 Å². The van der Waals surface area contributed by atoms with Gasteiger partial charge in [0, 0.05) is 22.8 Å². The maximum Gasteiger partial charge on any atom is 0.249 e. The van der Waals surface area contributed by atoms with Crippen LogP contribution in [0.4, 0.5) is 0 Å². The highest BCUT2D eigenvalue weighted by Gasteiger charge is 2.11. The van der Waals surface area contributed by atoms with Crippen LogP contribution in [0.15, 0.2) is 30.5 Å². The lowest BCUT2D eigenvalue weighted by Crippen LogP contribution is -2.12. The number of primary amides is 1. The molecule has 0 unspecified atom stereocenters. The number of carbonyl (C=O) groups excluding carboxylic acids is 1. The quantitative estimate of drug-likeness (QED) is 0.497. The molecule has 0 atom stereocenters. The number of fused-ring (bicyclic) bond motifs is 1. The molecule has 0 fully saturated rings. The molecule has 3 heteroatoms. The van der Waals surface area contributed by atoms with E-state index in [4.69, 9.17) is 5.73 Å². The molecular weight excluding hydrogens is 308 g/mol. The van der Waals surface area contributed by atoms with E-state index in [1.54, 1.807) is 6.07 Å². The first kappa shape index (κ1) is 19.4. The van der Waals surface area contributed by atoms with E-state index in [1.165, 1.54) is 57.8 Å². The third kappa shape index (κ3) is 6.15. The minimum absolute atomic E-state index is 0.372. The summed E-state index contributed by atoms with van der Waals surface area (Å²) in [5.74, 6) is -0.372. The zero-order chi connectivity index (χ0) is 17.9. The van der Waals surface area contributed by atoms with Gasteiger partial charge in [-0.25, -0.2) is 0 Å². The van der Waals surface area contributed by atoms with Crippen LogP contribution in [0, 0.1) is 0 Å². The van der Waals surface area contributed by atoms with Crippen molar-refractivity contribution in [2.75, 3.05) is 0 Å². The van der Waals surface area contributed by atoms with E-state index in [-0.39, 0.29) is 5.91 Å². The van der Waals surface area contributed by atoms with Crippen molar-refractivity contribution in [1.82, 2.24) is 4.98 Å². The van der Waals surface area contributed by atoms with Gasteiger partial charge in [0.15, 0.2) is 0 Å². The Morgan fingerprint density at radius 2 is 1.56 bits per heavy atom. The predicted octanol–water partition coefficient (Wildman–Crippen LogP) is 5.80. The maximum absolute atomic E-state index is 11.7. The topological polar surface area (TPSA) is 56.0 Å². The minimum atomic E-state index is -0.372. The highest BCUT2D eigenvalue weighted by atomic mass is 16.1. The smallest absolute Gasteiger partial charge is 0.249 e. The van der Waals surface area contributed by atoms with Gasteiger partial charge in [0.25, 0.3) is 0 Å². The molecule has 2 aromatic rings. The van der Waals surface area contributed by atoms with Gasteiger partial charge in [-0.3, -0.25) is 9.78 Å². The first-order chi connectivity index (χ1) is 12.2. The van der Waals surface area contributed by atoms with Gasteiger partial charge < -0.3 is 5.73 Å². The van der Waals surface area contributed by atoms with Crippen LogP contribution in [-0.2, 0) is 6.42 Å². The van der Waals surface area contributed by atoms with Crippen molar-refractivity contribution in [3.63, 3.8) is 0 Å². The lowest BCUT2D eigenvalue weighted by atomic mass is 9.99. The molecule has 0 aliphatic heterocycles. The molecule has 0 saturated heterocycles. The van der Waals surface area contributed by atoms with E-state index in [0.29, 0.717) is 5.56 Å². The van der Waals surface area contributed by atoms with Crippen LogP contribution in [0.2, 0.25) is 0 Å². The monoisotopic (exact) mass is 340 g/mol. The number of rotatable bonds is 12. The SMILES string of the molecule is CCCCCCCCCCCCc1nccc2cccc(C(N)=O)c12. The summed E-state index contributed by atoms with van der Waals surface area (Å²) in [4.78, 5) is 16.2. The Balaban J connectivity index is 1.77. The third-order valence-electron chi connectivity index (χ3n) is 4.90. The molecule has 2 rings (SSSR count). The van der Waals surface area contributed by atoms with Crippen LogP contribution in [0.3, 0.4) is 0 Å². The van der Waals surface area contributed by atoms with Crippen LogP contribution >= 0.6 is 0 Å². The molecule has 0 aliphatic rings. The van der Waals surface area contributed by atoms with Crippen LogP contribution in [0.1, 0.15) is 87.2 Å². The zero-order valence-corrected chi connectivity index (χ0v) is 15.6. The summed E-state index contributed by atoms with van der Waals surface area (Å²) >= 11 is 0. The molecule has 1 amide bonds. The predicted molar refractivity (Wildman–Crippen MR) is 106 cm³/mol. The lowest BCUT2D eigenvalue weighted by Gasteiger charge is -2.09. The third-order valence-corrected chi connectivity index (χ3v) is 4.90. The zero-order valence-electron chi connectivity index (χ0n) is 15.6. The molecule has 0 saturated carbocycles. The number of unbranched alkanes of at least 4 members (excludes halogenated alkanes) is 9. The first-order valence-electron chi connectivity index (χ1n) is 9.90. The van der Waals surface area contributed by atoms with Gasteiger partial charge in [-0.2, -0.15) is 0 Å². The van der Waals surface area contributed by atoms with Crippen molar-refractivity contribution in [2.24, 2.45) is 5.73 Å². The number of pyridine rings is 1. The molecule has 1 heterocycles. The second-order valence-electron chi connectivity index (χ2n) is 6.96. The average molecular weight is 341 g/mol. The van der Waals surface area contributed by atoms with Gasteiger partial charge in [-0.05, 0) is 30.4 Å². The molecular formula is C22H32N2O. The number of amides is 1. The van der Waals surface area contributed by atoms with E-state index >= 15 is 0 Å². The molecule has 1 aromatic carbocycles. The molecule has 3 nitrogen and oxygen atoms in total. The Morgan fingerprint density at radius 1 is 0.920 bits per heavy atom. The van der Waals surface area contributed by atoms with Gasteiger partial charge in [0.05, 0.1) is 0 Å². The molecule has 0 bridgehead atoms. The number of aryl methyl sites for hydroxylation is 1. The summed E-state index contributed by atoms with van der Waals surface area (Å²) in [6.45, 7) is 2.26. The maximum atomic E-state index is 11.7. The highest BCUT2D eigenvalue weighted by Crippen LogP contribution is 2.23. The summed E-state index contributed by atoms with van der Waals surface area (Å²) < 4.78 is 0. The van der Waals surface area contributed by atoms with Crippen molar-refractivity contribution >= 4 is 16.7 Å². The Labute approximate surface area is 152 Å². The number of carbonyl (C=O) groups is 1. The van der Waals surface area contributed by atoms with Gasteiger partial charge in [-0.15, -0.1) is 0 Å². The Hall–Kier alpha value is -1.90. The number of nitrogens with zero attached hydrogens (tertiary/aromatic N) is 1. The second kappa shape index (κ2) is 10.9. The van der Waals surface area contributed by atoms with Crippen molar-refractivity contribution in [3.8, 4) is 0 Å². The summed E-state index contributed by atoms with van der Waals surface area (Å²) in [5, 5.41) is 1.99. The Kier molecular flexibility index (Phi) is 8.44. The Morgan fingerprint density at radius 3 is 2.20 bits per heavy atom. The van der Waals surface area contributed by atoms with Crippen LogP contribution in [0.5, 0.6) is 0 Å². The fourth-order valence-electron chi connectivity index (χ4n) is 3.48. The molecule has 0 aliphatic carbocycles. The standard InChI is InChI=1S/C22H32N2O/c1-2-3-4-5-6-7-8-9-10-11-15-20-21-18(16-17-24-20)13-12-14-19(21)22(23)25/h12-14,16-17H,2-11,15H2,1H3,(H2,23,25). The molecule has 1 aromatic heterocycles. The van der Waals surface area contributed by atoms with Crippen LogP contribution in [0.25, 0.3) is 10.8 Å². The number of nitrogens with two attached hydrogens (primary N) is 1. The lowest BCUT2D eigenvalue weighted by molar-refractivity contribution is 0.100. The minimum Gasteiger partial charge on any atom is -0.366 e. The van der Waals surface area contributed by atoms with Crippen molar-refractivity contribution in [1.29, 1.82) is 0 Å². The normalized spacial score (nSPS) is 11.1. The van der Waals surface area contributed by atoms with E-state index in [0.717, 1.165) is 29.3 Å². The summed E-state index contributed by atoms with van der Waals surface area (Å²) in [6.07, 6.45) is 16.0. The number of benzene rings is 1. The average Bonchev–Trinajstić information content (AvgIpc) is 2.62. The summed E-state index contributed by atoms with van der Waals surface area (Å²) in [7, 11) is 0. The van der Waals surface area contributed by atoms with Crippen molar-refractivity contribution < 1.29 is 4.79 Å². The fourth-order valence-corrected chi connectivity index (χ4v) is 3.48. The largest absolute Gasteiger partial charge is 0.366 e. The van der Waals surface area contributed by atoms with Crippen molar-refractivity contribution in [2.45, 2.75) is 77.6 Å². The van der Waals surface area contributed by atoms with Gasteiger partial charge in [0.2, 0.25) is 5.91 Å². The molecule has 2 N–H and O–H groups in total. The van der Waals surface area contributed by atoms with Crippen LogP contribution in [-0.4, -0.2) is 10.9 Å². The van der Waals surface area contributed by atoms with E-state index in [9.17, 15) is 4.79 Å². The molecule has 136 valence electrons. The van der Waals surface area contributed by atoms with Gasteiger partial charge in [0.1, 0.15) is 0 Å². The highest BCUT2D eigenvalue weighted by molar-refractivity contribution is 6.07. The Bertz CT molecular complexity index is 661. The van der Waals surface area contributed by atoms with Gasteiger partial charge >= 0.3 is 0 Å². The first-order valence-corrected chi connectivity index (χ1v) is 9.90. The summed E-state index contributed by atoms with van der Waals surface area (Å²) in [5.41, 5.74) is 7.13. The number of hydrogen-bond donors (Lipinski definition) is 1. The second-order valence-corrected chi connectivity index (χ2v) is 6.96. The number of aromatic nitrogens is 1. The van der Waals surface area contributed by atoms with E-state index in [2.05, 4.69) is 11.9 Å². The number of hydrogen-bond acceptors (Lipinski definition) is 2. The molecule has 25 heavy (non-hydrogen) atoms.